The van der Waals surface area contributed by atoms with Crippen LogP contribution in [0.15, 0.2) is 66.7 Å². The van der Waals surface area contributed by atoms with E-state index in [-0.39, 0.29) is 12.5 Å². The molecule has 0 aliphatic heterocycles. The van der Waals surface area contributed by atoms with E-state index < -0.39 is 5.97 Å². The predicted molar refractivity (Wildman–Crippen MR) is 86.3 cm³/mol. The first-order valence-electron chi connectivity index (χ1n) is 6.88. The molecule has 22 heavy (non-hydrogen) atoms. The van der Waals surface area contributed by atoms with Gasteiger partial charge in [0.15, 0.2) is 6.61 Å². The molecular weight excluding hydrogens is 278 g/mol. The van der Waals surface area contributed by atoms with E-state index in [1.54, 1.807) is 13.1 Å². The summed E-state index contributed by atoms with van der Waals surface area (Å²) in [6.07, 6.45) is 2.96. The molecule has 112 valence electrons. The molecule has 0 aromatic heterocycles. The van der Waals surface area contributed by atoms with Gasteiger partial charge < -0.3 is 9.64 Å². The standard InChI is InChI=1S/C18H17NO3/c1-19(16-10-6-3-7-11-16)17(20)14-22-18(21)13-12-15-8-4-2-5-9-15/h2-13H,14H2,1H3/b13-12+. The zero-order valence-corrected chi connectivity index (χ0v) is 12.3. The number of anilines is 1. The minimum Gasteiger partial charge on any atom is -0.452 e. The molecule has 2 aromatic carbocycles. The molecule has 2 rings (SSSR count). The number of nitrogens with zero attached hydrogens (tertiary/aromatic N) is 1. The van der Waals surface area contributed by atoms with Gasteiger partial charge in [-0.3, -0.25) is 4.79 Å². The third kappa shape index (κ3) is 4.59. The van der Waals surface area contributed by atoms with E-state index >= 15 is 0 Å². The zero-order valence-electron chi connectivity index (χ0n) is 12.3. The first-order valence-corrected chi connectivity index (χ1v) is 6.88. The fraction of sp³-hybridized carbons (Fsp3) is 0.111. The van der Waals surface area contributed by atoms with E-state index in [1.165, 1.54) is 11.0 Å². The summed E-state index contributed by atoms with van der Waals surface area (Å²) in [6.45, 7) is -0.288. The van der Waals surface area contributed by atoms with Crippen LogP contribution >= 0.6 is 0 Å². The van der Waals surface area contributed by atoms with Gasteiger partial charge in [-0.15, -0.1) is 0 Å². The number of para-hydroxylation sites is 1. The molecule has 0 bridgehead atoms. The third-order valence-electron chi connectivity index (χ3n) is 3.07. The van der Waals surface area contributed by atoms with Crippen molar-refractivity contribution >= 4 is 23.6 Å². The summed E-state index contributed by atoms with van der Waals surface area (Å²) in [6, 6.07) is 18.6. The number of hydrogen-bond acceptors (Lipinski definition) is 3. The van der Waals surface area contributed by atoms with Gasteiger partial charge in [-0.05, 0) is 23.8 Å². The maximum atomic E-state index is 11.9. The van der Waals surface area contributed by atoms with E-state index in [1.807, 2.05) is 60.7 Å². The Balaban J connectivity index is 1.83. The van der Waals surface area contributed by atoms with E-state index in [0.717, 1.165) is 11.3 Å². The van der Waals surface area contributed by atoms with Crippen LogP contribution in [-0.2, 0) is 14.3 Å². The lowest BCUT2D eigenvalue weighted by molar-refractivity contribution is -0.142. The van der Waals surface area contributed by atoms with Crippen LogP contribution < -0.4 is 4.90 Å². The molecule has 0 spiro atoms. The average molecular weight is 295 g/mol. The monoisotopic (exact) mass is 295 g/mol. The van der Waals surface area contributed by atoms with Gasteiger partial charge in [-0.1, -0.05) is 48.5 Å². The molecule has 0 saturated carbocycles. The van der Waals surface area contributed by atoms with Crippen molar-refractivity contribution in [1.29, 1.82) is 0 Å². The largest absolute Gasteiger partial charge is 0.452 e. The van der Waals surface area contributed by atoms with Gasteiger partial charge in [0.25, 0.3) is 5.91 Å². The number of benzene rings is 2. The summed E-state index contributed by atoms with van der Waals surface area (Å²) >= 11 is 0. The molecule has 0 heterocycles. The first-order chi connectivity index (χ1) is 10.7. The first kappa shape index (κ1) is 15.5. The fourth-order valence-corrected chi connectivity index (χ4v) is 1.80. The van der Waals surface area contributed by atoms with Crippen molar-refractivity contribution in [3.63, 3.8) is 0 Å². The Kier molecular flexibility index (Phi) is 5.49. The molecule has 0 fully saturated rings. The summed E-state index contributed by atoms with van der Waals surface area (Å²) in [5, 5.41) is 0. The topological polar surface area (TPSA) is 46.6 Å². The number of esters is 1. The number of rotatable bonds is 5. The van der Waals surface area contributed by atoms with Crippen molar-refractivity contribution in [2.45, 2.75) is 0 Å². The second-order valence-corrected chi connectivity index (χ2v) is 4.64. The van der Waals surface area contributed by atoms with Gasteiger partial charge in [-0.2, -0.15) is 0 Å². The number of ether oxygens (including phenoxy) is 1. The van der Waals surface area contributed by atoms with Crippen LogP contribution in [0, 0.1) is 0 Å². The number of likely N-dealkylation sites (N-methyl/N-ethyl adjacent to an activating group) is 1. The van der Waals surface area contributed by atoms with Gasteiger partial charge in [0.2, 0.25) is 0 Å². The molecule has 0 atom stereocenters. The number of carbonyl (C=O) groups excluding carboxylic acids is 2. The molecule has 0 radical (unpaired) electrons. The Bertz CT molecular complexity index is 651. The van der Waals surface area contributed by atoms with Crippen LogP contribution in [0.25, 0.3) is 6.08 Å². The van der Waals surface area contributed by atoms with Gasteiger partial charge >= 0.3 is 5.97 Å². The minimum absolute atomic E-state index is 0.285. The Morgan fingerprint density at radius 3 is 2.23 bits per heavy atom. The van der Waals surface area contributed by atoms with Crippen LogP contribution in [0.3, 0.4) is 0 Å². The quantitative estimate of drug-likeness (QED) is 0.629. The van der Waals surface area contributed by atoms with Crippen molar-refractivity contribution in [2.75, 3.05) is 18.6 Å². The van der Waals surface area contributed by atoms with Crippen molar-refractivity contribution in [3.8, 4) is 0 Å². The average Bonchev–Trinajstić information content (AvgIpc) is 2.58. The highest BCUT2D eigenvalue weighted by Crippen LogP contribution is 2.11. The maximum absolute atomic E-state index is 11.9. The van der Waals surface area contributed by atoms with Crippen molar-refractivity contribution in [2.24, 2.45) is 0 Å². The molecule has 0 aliphatic carbocycles. The van der Waals surface area contributed by atoms with E-state index in [9.17, 15) is 9.59 Å². The van der Waals surface area contributed by atoms with Crippen molar-refractivity contribution in [1.82, 2.24) is 0 Å². The SMILES string of the molecule is CN(C(=O)COC(=O)/C=C/c1ccccc1)c1ccccc1. The smallest absolute Gasteiger partial charge is 0.331 e. The van der Waals surface area contributed by atoms with Gasteiger partial charge in [0.05, 0.1) is 0 Å². The number of hydrogen-bond donors (Lipinski definition) is 0. The normalized spacial score (nSPS) is 10.4. The highest BCUT2D eigenvalue weighted by molar-refractivity contribution is 5.96. The Labute approximate surface area is 129 Å². The summed E-state index contributed by atoms with van der Waals surface area (Å²) < 4.78 is 4.95. The van der Waals surface area contributed by atoms with Crippen LogP contribution in [-0.4, -0.2) is 25.5 Å². The van der Waals surface area contributed by atoms with Gasteiger partial charge in [-0.25, -0.2) is 4.79 Å². The molecule has 1 amide bonds. The van der Waals surface area contributed by atoms with Crippen LogP contribution in [0.5, 0.6) is 0 Å². The predicted octanol–water partition coefficient (Wildman–Crippen LogP) is 2.91. The molecule has 0 aliphatic rings. The Morgan fingerprint density at radius 2 is 1.59 bits per heavy atom. The second-order valence-electron chi connectivity index (χ2n) is 4.64. The highest BCUT2D eigenvalue weighted by Gasteiger charge is 2.12. The molecule has 0 saturated heterocycles. The summed E-state index contributed by atoms with van der Waals surface area (Å²) in [5.41, 5.74) is 1.65. The Morgan fingerprint density at radius 1 is 1.00 bits per heavy atom. The van der Waals surface area contributed by atoms with E-state index in [4.69, 9.17) is 4.74 Å². The maximum Gasteiger partial charge on any atom is 0.331 e. The van der Waals surface area contributed by atoms with Gasteiger partial charge in [0.1, 0.15) is 0 Å². The second kappa shape index (κ2) is 7.78. The Hall–Kier alpha value is -2.88. The molecule has 4 heteroatoms. The van der Waals surface area contributed by atoms with Crippen molar-refractivity contribution in [3.05, 3.63) is 72.3 Å². The van der Waals surface area contributed by atoms with Crippen LogP contribution in [0.2, 0.25) is 0 Å². The molecule has 4 nitrogen and oxygen atoms in total. The molecular formula is C18H17NO3. The minimum atomic E-state index is -0.543. The summed E-state index contributed by atoms with van der Waals surface area (Å²) in [5.74, 6) is -0.827. The number of amides is 1. The van der Waals surface area contributed by atoms with Crippen molar-refractivity contribution < 1.29 is 14.3 Å². The molecule has 2 aromatic rings. The fourth-order valence-electron chi connectivity index (χ4n) is 1.80. The van der Waals surface area contributed by atoms with E-state index in [2.05, 4.69) is 0 Å². The number of carbonyl (C=O) groups is 2. The van der Waals surface area contributed by atoms with E-state index in [0.29, 0.717) is 0 Å². The molecule has 0 unspecified atom stereocenters. The highest BCUT2D eigenvalue weighted by atomic mass is 16.5. The lowest BCUT2D eigenvalue weighted by atomic mass is 10.2. The lowest BCUT2D eigenvalue weighted by Gasteiger charge is -2.16. The zero-order chi connectivity index (χ0) is 15.8. The summed E-state index contributed by atoms with van der Waals surface area (Å²) in [7, 11) is 1.64. The molecule has 0 N–H and O–H groups in total. The van der Waals surface area contributed by atoms with Crippen LogP contribution in [0.1, 0.15) is 5.56 Å². The third-order valence-corrected chi connectivity index (χ3v) is 3.07. The van der Waals surface area contributed by atoms with Crippen LogP contribution in [0.4, 0.5) is 5.69 Å². The summed E-state index contributed by atoms with van der Waals surface area (Å²) in [4.78, 5) is 25.0. The van der Waals surface area contributed by atoms with Gasteiger partial charge in [0, 0.05) is 18.8 Å². The lowest BCUT2D eigenvalue weighted by Crippen LogP contribution is -2.30.